The van der Waals surface area contributed by atoms with Crippen LogP contribution in [0.1, 0.15) is 19.4 Å². The highest BCUT2D eigenvalue weighted by molar-refractivity contribution is 14.1. The number of nitrogens with one attached hydrogen (secondary N) is 2. The summed E-state index contributed by atoms with van der Waals surface area (Å²) >= 11 is 2.31. The van der Waals surface area contributed by atoms with Crippen molar-refractivity contribution in [2.75, 3.05) is 11.9 Å². The Bertz CT molecular complexity index is 781. The second-order valence-electron chi connectivity index (χ2n) is 5.29. The number of rotatable bonds is 7. The normalized spacial score (nSPS) is 10.6. The van der Waals surface area contributed by atoms with Crippen LogP contribution in [0.2, 0.25) is 0 Å². The van der Waals surface area contributed by atoms with Gasteiger partial charge in [-0.05, 0) is 71.8 Å². The van der Waals surface area contributed by atoms with Gasteiger partial charge in [-0.15, -0.1) is 0 Å². The van der Waals surface area contributed by atoms with Gasteiger partial charge in [0.15, 0.2) is 0 Å². The van der Waals surface area contributed by atoms with Gasteiger partial charge in [0.05, 0.1) is 12.3 Å². The Balaban J connectivity index is 2.24. The summed E-state index contributed by atoms with van der Waals surface area (Å²) < 4.78 is 6.61. The number of allylic oxidation sites excluding steroid dienone is 1. The monoisotopic (exact) mass is 432 g/mol. The van der Waals surface area contributed by atoms with Gasteiger partial charge in [-0.25, -0.2) is 0 Å². The van der Waals surface area contributed by atoms with Crippen LogP contribution in [0, 0.1) is 8.98 Å². The van der Waals surface area contributed by atoms with Crippen molar-refractivity contribution in [1.29, 1.82) is 5.41 Å². The molecule has 0 atom stereocenters. The third kappa shape index (κ3) is 4.96. The number of hydrogen-bond donors (Lipinski definition) is 2. The van der Waals surface area contributed by atoms with Crippen molar-refractivity contribution in [3.8, 4) is 11.1 Å². The van der Waals surface area contributed by atoms with E-state index in [1.54, 1.807) is 19.2 Å². The quantitative estimate of drug-likeness (QED) is 0.324. The Morgan fingerprint density at radius 1 is 1.25 bits per heavy atom. The minimum Gasteiger partial charge on any atom is -0.494 e. The van der Waals surface area contributed by atoms with E-state index in [4.69, 9.17) is 10.1 Å². The van der Waals surface area contributed by atoms with Gasteiger partial charge in [-0.1, -0.05) is 30.8 Å². The summed E-state index contributed by atoms with van der Waals surface area (Å²) in [5.74, 6) is 0.694. The maximum atomic E-state index is 7.40. The topological polar surface area (TPSA) is 45.1 Å². The van der Waals surface area contributed by atoms with Crippen LogP contribution >= 0.6 is 22.6 Å². The van der Waals surface area contributed by atoms with Gasteiger partial charge in [0.2, 0.25) is 0 Å². The first-order chi connectivity index (χ1) is 11.5. The molecule has 2 rings (SSSR count). The van der Waals surface area contributed by atoms with Gasteiger partial charge in [-0.2, -0.15) is 0 Å². The molecule has 2 N–H and O–H groups in total. The lowest BCUT2D eigenvalue weighted by Gasteiger charge is -2.11. The fourth-order valence-corrected chi connectivity index (χ4v) is 2.87. The number of anilines is 1. The average molecular weight is 432 g/mol. The van der Waals surface area contributed by atoms with Crippen molar-refractivity contribution >= 4 is 39.7 Å². The van der Waals surface area contributed by atoms with Gasteiger partial charge in [0.25, 0.3) is 0 Å². The molecule has 3 nitrogen and oxygen atoms in total. The van der Waals surface area contributed by atoms with E-state index >= 15 is 0 Å². The van der Waals surface area contributed by atoms with Crippen molar-refractivity contribution in [2.24, 2.45) is 0 Å². The Labute approximate surface area is 157 Å². The maximum absolute atomic E-state index is 7.40. The van der Waals surface area contributed by atoms with Crippen LogP contribution in [0.5, 0.6) is 0 Å². The molecule has 0 radical (unpaired) electrons. The highest BCUT2D eigenvalue weighted by atomic mass is 127. The van der Waals surface area contributed by atoms with E-state index in [1.807, 2.05) is 25.1 Å². The van der Waals surface area contributed by atoms with Gasteiger partial charge < -0.3 is 15.5 Å². The Morgan fingerprint density at radius 3 is 2.67 bits per heavy atom. The SMILES string of the molecule is C=C(OCC)c1cccc(-c2ccc(N/C=C\C(C)=N)c(I)c2)c1. The summed E-state index contributed by atoms with van der Waals surface area (Å²) in [5.41, 5.74) is 4.80. The van der Waals surface area contributed by atoms with E-state index in [1.165, 1.54) is 0 Å². The number of hydrogen-bond acceptors (Lipinski definition) is 3. The molecular formula is C20H21IN2O. The van der Waals surface area contributed by atoms with E-state index in [2.05, 4.69) is 58.8 Å². The maximum Gasteiger partial charge on any atom is 0.119 e. The molecule has 0 spiro atoms. The molecule has 4 heteroatoms. The minimum absolute atomic E-state index is 0.514. The molecule has 0 fully saturated rings. The van der Waals surface area contributed by atoms with Crippen LogP contribution in [0.4, 0.5) is 5.69 Å². The molecule has 124 valence electrons. The zero-order valence-corrected chi connectivity index (χ0v) is 16.1. The zero-order valence-electron chi connectivity index (χ0n) is 13.9. The molecule has 2 aromatic rings. The molecule has 0 heterocycles. The van der Waals surface area contributed by atoms with Crippen LogP contribution in [0.25, 0.3) is 16.9 Å². The predicted molar refractivity (Wildman–Crippen MR) is 111 cm³/mol. The predicted octanol–water partition coefficient (Wildman–Crippen LogP) is 5.93. The Kier molecular flexibility index (Phi) is 6.61. The number of benzene rings is 2. The number of halogens is 1. The standard InChI is InChI=1S/C20H21IN2O/c1-4-24-15(3)16-6-5-7-17(12-16)18-8-9-20(19(21)13-18)23-11-10-14(2)22/h5-13,22-23H,3-4H2,1-2H3/b11-10-,22-14?. The fraction of sp³-hybridized carbons (Fsp3) is 0.150. The lowest BCUT2D eigenvalue weighted by molar-refractivity contribution is 0.299. The molecule has 2 aromatic carbocycles. The third-order valence-corrected chi connectivity index (χ3v) is 4.27. The molecule has 0 saturated carbocycles. The van der Waals surface area contributed by atoms with Crippen LogP contribution < -0.4 is 5.32 Å². The summed E-state index contributed by atoms with van der Waals surface area (Å²) in [6, 6.07) is 14.5. The fourth-order valence-electron chi connectivity index (χ4n) is 2.20. The first-order valence-electron chi connectivity index (χ1n) is 7.71. The molecule has 0 aliphatic heterocycles. The first-order valence-corrected chi connectivity index (χ1v) is 8.79. The summed E-state index contributed by atoms with van der Waals surface area (Å²) in [6.45, 7) is 8.29. The highest BCUT2D eigenvalue weighted by Crippen LogP contribution is 2.28. The zero-order chi connectivity index (χ0) is 17.5. The van der Waals surface area contributed by atoms with E-state index in [0.717, 1.165) is 25.9 Å². The summed E-state index contributed by atoms with van der Waals surface area (Å²) in [7, 11) is 0. The highest BCUT2D eigenvalue weighted by Gasteiger charge is 2.05. The Hall–Kier alpha value is -2.08. The van der Waals surface area contributed by atoms with E-state index < -0.39 is 0 Å². The molecular weight excluding hydrogens is 411 g/mol. The van der Waals surface area contributed by atoms with Crippen molar-refractivity contribution in [2.45, 2.75) is 13.8 Å². The van der Waals surface area contributed by atoms with Gasteiger partial charge >= 0.3 is 0 Å². The second-order valence-corrected chi connectivity index (χ2v) is 6.45. The van der Waals surface area contributed by atoms with Crippen LogP contribution in [-0.4, -0.2) is 12.3 Å². The minimum atomic E-state index is 0.514. The van der Waals surface area contributed by atoms with E-state index in [0.29, 0.717) is 18.1 Å². The van der Waals surface area contributed by atoms with Gasteiger partial charge in [-0.3, -0.25) is 0 Å². The largest absolute Gasteiger partial charge is 0.494 e. The smallest absolute Gasteiger partial charge is 0.119 e. The van der Waals surface area contributed by atoms with Gasteiger partial charge in [0, 0.05) is 21.0 Å². The molecule has 0 aliphatic carbocycles. The van der Waals surface area contributed by atoms with Crippen molar-refractivity contribution in [1.82, 2.24) is 0 Å². The summed E-state index contributed by atoms with van der Waals surface area (Å²) in [4.78, 5) is 0. The molecule has 0 aromatic heterocycles. The average Bonchev–Trinajstić information content (AvgIpc) is 2.56. The van der Waals surface area contributed by atoms with Crippen molar-refractivity contribution in [3.05, 3.63) is 70.5 Å². The van der Waals surface area contributed by atoms with E-state index in [9.17, 15) is 0 Å². The van der Waals surface area contributed by atoms with Gasteiger partial charge in [0.1, 0.15) is 5.76 Å². The van der Waals surface area contributed by atoms with E-state index in [-0.39, 0.29) is 0 Å². The van der Waals surface area contributed by atoms with Crippen LogP contribution in [-0.2, 0) is 4.74 Å². The van der Waals surface area contributed by atoms with Crippen molar-refractivity contribution < 1.29 is 4.74 Å². The lowest BCUT2D eigenvalue weighted by atomic mass is 10.0. The molecule has 0 bridgehead atoms. The molecule has 0 amide bonds. The molecule has 24 heavy (non-hydrogen) atoms. The van der Waals surface area contributed by atoms with Crippen LogP contribution in [0.15, 0.2) is 61.3 Å². The molecule has 0 unspecified atom stereocenters. The summed E-state index contributed by atoms with van der Waals surface area (Å²) in [6.07, 6.45) is 3.51. The van der Waals surface area contributed by atoms with Crippen LogP contribution in [0.3, 0.4) is 0 Å². The third-order valence-electron chi connectivity index (χ3n) is 3.38. The summed E-state index contributed by atoms with van der Waals surface area (Å²) in [5, 5.41) is 10.6. The molecule has 0 aliphatic rings. The lowest BCUT2D eigenvalue weighted by Crippen LogP contribution is -1.93. The first kappa shape index (κ1) is 18.3. The molecule has 0 saturated heterocycles. The van der Waals surface area contributed by atoms with Crippen molar-refractivity contribution in [3.63, 3.8) is 0 Å². The Morgan fingerprint density at radius 2 is 2.00 bits per heavy atom. The second kappa shape index (κ2) is 8.68. The number of ether oxygens (including phenoxy) is 1.